The Morgan fingerprint density at radius 3 is 2.56 bits per heavy atom. The summed E-state index contributed by atoms with van der Waals surface area (Å²) >= 11 is 0. The van der Waals surface area contributed by atoms with Gasteiger partial charge >= 0.3 is 0 Å². The molecule has 1 aliphatic heterocycles. The predicted molar refractivity (Wildman–Crippen MR) is 59.8 cm³/mol. The highest BCUT2D eigenvalue weighted by atomic mass is 16.5. The Labute approximate surface area is 96.1 Å². The summed E-state index contributed by atoms with van der Waals surface area (Å²) in [6, 6.07) is -0.467. The monoisotopic (exact) mass is 228 g/mol. The maximum atomic E-state index is 12.1. The number of methoxy groups -OCH3 is 1. The van der Waals surface area contributed by atoms with Gasteiger partial charge in [-0.2, -0.15) is 0 Å². The maximum Gasteiger partial charge on any atom is 0.246 e. The lowest BCUT2D eigenvalue weighted by atomic mass is 10.00. The van der Waals surface area contributed by atoms with Crippen molar-refractivity contribution in [1.29, 1.82) is 0 Å². The number of carbonyl (C=O) groups excluding carboxylic acids is 2. The molecule has 92 valence electrons. The number of ether oxygens (including phenoxy) is 1. The third kappa shape index (κ3) is 2.72. The smallest absolute Gasteiger partial charge is 0.246 e. The molecule has 2 unspecified atom stereocenters. The fourth-order valence-electron chi connectivity index (χ4n) is 1.85. The maximum absolute atomic E-state index is 12.1. The molecule has 0 radical (unpaired) electrons. The van der Waals surface area contributed by atoms with Gasteiger partial charge in [0.05, 0.1) is 19.2 Å². The first-order chi connectivity index (χ1) is 7.47. The molecule has 5 nitrogen and oxygen atoms in total. The van der Waals surface area contributed by atoms with Crippen LogP contribution in [0.3, 0.4) is 0 Å². The molecule has 0 aliphatic carbocycles. The van der Waals surface area contributed by atoms with Crippen LogP contribution in [0.1, 0.15) is 20.8 Å². The number of hydrogen-bond acceptors (Lipinski definition) is 3. The Kier molecular flexibility index (Phi) is 4.29. The summed E-state index contributed by atoms with van der Waals surface area (Å²) in [5.41, 5.74) is 0. The van der Waals surface area contributed by atoms with Crippen LogP contribution in [0, 0.1) is 5.92 Å². The molecule has 1 fully saturated rings. The first-order valence-corrected chi connectivity index (χ1v) is 5.56. The van der Waals surface area contributed by atoms with E-state index in [1.54, 1.807) is 12.0 Å². The van der Waals surface area contributed by atoms with Crippen molar-refractivity contribution in [1.82, 2.24) is 10.2 Å². The summed E-state index contributed by atoms with van der Waals surface area (Å²) in [5.74, 6) is -0.00519. The summed E-state index contributed by atoms with van der Waals surface area (Å²) in [6.45, 7) is 6.31. The summed E-state index contributed by atoms with van der Waals surface area (Å²) in [5, 5.41) is 2.72. The van der Waals surface area contributed by atoms with Crippen LogP contribution >= 0.6 is 0 Å². The molecular formula is C11H20N2O3. The molecule has 0 spiro atoms. The van der Waals surface area contributed by atoms with Gasteiger partial charge in [0.2, 0.25) is 11.8 Å². The number of carbonyl (C=O) groups is 2. The second-order valence-electron chi connectivity index (χ2n) is 4.56. The second kappa shape index (κ2) is 5.30. The third-order valence-corrected chi connectivity index (χ3v) is 2.79. The largest absolute Gasteiger partial charge is 0.383 e. The molecule has 1 N–H and O–H groups in total. The molecule has 1 aliphatic rings. The Balaban J connectivity index is 2.76. The van der Waals surface area contributed by atoms with Gasteiger partial charge in [0.25, 0.3) is 0 Å². The van der Waals surface area contributed by atoms with E-state index in [0.29, 0.717) is 6.61 Å². The van der Waals surface area contributed by atoms with Crippen LogP contribution in [0.4, 0.5) is 0 Å². The number of rotatable bonds is 4. The second-order valence-corrected chi connectivity index (χ2v) is 4.56. The highest BCUT2D eigenvalue weighted by Gasteiger charge is 2.36. The SMILES string of the molecule is COCC(C)N1CC(=O)NC(C(C)C)C1=O. The van der Waals surface area contributed by atoms with Crippen LogP contribution in [-0.4, -0.2) is 49.1 Å². The van der Waals surface area contributed by atoms with E-state index in [1.807, 2.05) is 20.8 Å². The van der Waals surface area contributed by atoms with E-state index >= 15 is 0 Å². The van der Waals surface area contributed by atoms with Gasteiger partial charge < -0.3 is 15.0 Å². The molecule has 1 saturated heterocycles. The zero-order chi connectivity index (χ0) is 12.3. The number of piperazine rings is 1. The average Bonchev–Trinajstić information content (AvgIpc) is 2.20. The van der Waals surface area contributed by atoms with E-state index in [0.717, 1.165) is 0 Å². The van der Waals surface area contributed by atoms with Gasteiger partial charge in [-0.3, -0.25) is 9.59 Å². The zero-order valence-electron chi connectivity index (χ0n) is 10.3. The molecule has 0 aromatic carbocycles. The predicted octanol–water partition coefficient (Wildman–Crippen LogP) is 0.00430. The minimum atomic E-state index is -0.402. The van der Waals surface area contributed by atoms with Crippen LogP contribution in [0.2, 0.25) is 0 Å². The Morgan fingerprint density at radius 1 is 1.44 bits per heavy atom. The number of nitrogens with one attached hydrogen (secondary N) is 1. The van der Waals surface area contributed by atoms with Gasteiger partial charge in [0.15, 0.2) is 0 Å². The van der Waals surface area contributed by atoms with E-state index in [9.17, 15) is 9.59 Å². The van der Waals surface area contributed by atoms with Crippen molar-refractivity contribution in [3.63, 3.8) is 0 Å². The van der Waals surface area contributed by atoms with Gasteiger partial charge in [-0.1, -0.05) is 13.8 Å². The minimum Gasteiger partial charge on any atom is -0.383 e. The average molecular weight is 228 g/mol. The van der Waals surface area contributed by atoms with E-state index in [2.05, 4.69) is 5.32 Å². The van der Waals surface area contributed by atoms with E-state index < -0.39 is 6.04 Å². The third-order valence-electron chi connectivity index (χ3n) is 2.79. The van der Waals surface area contributed by atoms with Gasteiger partial charge in [0, 0.05) is 7.11 Å². The zero-order valence-corrected chi connectivity index (χ0v) is 10.3. The Bertz CT molecular complexity index is 278. The molecule has 0 bridgehead atoms. The van der Waals surface area contributed by atoms with Gasteiger partial charge in [-0.05, 0) is 12.8 Å². The van der Waals surface area contributed by atoms with Crippen LogP contribution < -0.4 is 5.32 Å². The van der Waals surface area contributed by atoms with Gasteiger partial charge in [-0.15, -0.1) is 0 Å². The van der Waals surface area contributed by atoms with Crippen molar-refractivity contribution >= 4 is 11.8 Å². The normalized spacial score (nSPS) is 23.6. The lowest BCUT2D eigenvalue weighted by Crippen LogP contribution is -2.62. The first kappa shape index (κ1) is 13.0. The molecule has 0 saturated carbocycles. The van der Waals surface area contributed by atoms with Crippen molar-refractivity contribution in [2.45, 2.75) is 32.9 Å². The molecule has 5 heteroatoms. The summed E-state index contributed by atoms with van der Waals surface area (Å²) < 4.78 is 5.01. The van der Waals surface area contributed by atoms with Crippen molar-refractivity contribution in [2.24, 2.45) is 5.92 Å². The van der Waals surface area contributed by atoms with Gasteiger partial charge in [0.1, 0.15) is 6.04 Å². The van der Waals surface area contributed by atoms with E-state index in [-0.39, 0.29) is 30.3 Å². The molecule has 1 heterocycles. The van der Waals surface area contributed by atoms with Crippen LogP contribution in [-0.2, 0) is 14.3 Å². The fraction of sp³-hybridized carbons (Fsp3) is 0.818. The summed E-state index contributed by atoms with van der Waals surface area (Å²) in [6.07, 6.45) is 0. The van der Waals surface area contributed by atoms with Crippen LogP contribution in [0.5, 0.6) is 0 Å². The van der Waals surface area contributed by atoms with E-state index in [4.69, 9.17) is 4.74 Å². The van der Waals surface area contributed by atoms with Crippen LogP contribution in [0.15, 0.2) is 0 Å². The minimum absolute atomic E-state index is 0.0147. The van der Waals surface area contributed by atoms with Crippen molar-refractivity contribution in [3.8, 4) is 0 Å². The highest BCUT2D eigenvalue weighted by Crippen LogP contribution is 2.13. The molecule has 1 rings (SSSR count). The molecular weight excluding hydrogens is 208 g/mol. The molecule has 16 heavy (non-hydrogen) atoms. The topological polar surface area (TPSA) is 58.6 Å². The van der Waals surface area contributed by atoms with Gasteiger partial charge in [-0.25, -0.2) is 0 Å². The lowest BCUT2D eigenvalue weighted by Gasteiger charge is -2.37. The number of hydrogen-bond donors (Lipinski definition) is 1. The first-order valence-electron chi connectivity index (χ1n) is 5.56. The summed E-state index contributed by atoms with van der Waals surface area (Å²) in [4.78, 5) is 25.2. The Morgan fingerprint density at radius 2 is 2.06 bits per heavy atom. The quantitative estimate of drug-likeness (QED) is 0.737. The Hall–Kier alpha value is -1.10. The van der Waals surface area contributed by atoms with Crippen LogP contribution in [0.25, 0.3) is 0 Å². The highest BCUT2D eigenvalue weighted by molar-refractivity contribution is 5.95. The number of nitrogens with zero attached hydrogens (tertiary/aromatic N) is 1. The lowest BCUT2D eigenvalue weighted by molar-refractivity contribution is -0.148. The van der Waals surface area contributed by atoms with Crippen molar-refractivity contribution in [2.75, 3.05) is 20.3 Å². The number of amides is 2. The summed E-state index contributed by atoms with van der Waals surface area (Å²) in [7, 11) is 1.59. The molecule has 0 aromatic rings. The molecule has 2 amide bonds. The van der Waals surface area contributed by atoms with E-state index in [1.165, 1.54) is 0 Å². The molecule has 2 atom stereocenters. The van der Waals surface area contributed by atoms with Crippen molar-refractivity contribution < 1.29 is 14.3 Å². The van der Waals surface area contributed by atoms with Crippen molar-refractivity contribution in [3.05, 3.63) is 0 Å². The molecule has 0 aromatic heterocycles. The standard InChI is InChI=1S/C11H20N2O3/c1-7(2)10-11(15)13(5-9(14)12-10)8(3)6-16-4/h7-8,10H,5-6H2,1-4H3,(H,12,14). The fourth-order valence-corrected chi connectivity index (χ4v) is 1.85.